The molecule has 0 bridgehead atoms. The van der Waals surface area contributed by atoms with E-state index in [1.54, 1.807) is 30.3 Å². The lowest BCUT2D eigenvalue weighted by Gasteiger charge is -2.11. The summed E-state index contributed by atoms with van der Waals surface area (Å²) in [5, 5.41) is 6.35. The molecule has 0 spiro atoms. The van der Waals surface area contributed by atoms with E-state index in [1.165, 1.54) is 7.11 Å². The van der Waals surface area contributed by atoms with Crippen LogP contribution >= 0.6 is 11.6 Å². The molecule has 0 unspecified atom stereocenters. The molecule has 6 heteroatoms. The smallest absolute Gasteiger partial charge is 0.274 e. The molecule has 0 aliphatic rings. The van der Waals surface area contributed by atoms with Gasteiger partial charge in [0.15, 0.2) is 0 Å². The van der Waals surface area contributed by atoms with E-state index in [1.807, 2.05) is 19.9 Å². The van der Waals surface area contributed by atoms with Crippen LogP contribution in [0.1, 0.15) is 24.3 Å². The lowest BCUT2D eigenvalue weighted by molar-refractivity contribution is 0.102. The van der Waals surface area contributed by atoms with Crippen molar-refractivity contribution in [3.63, 3.8) is 0 Å². The van der Waals surface area contributed by atoms with Crippen LogP contribution in [0.5, 0.6) is 5.75 Å². The van der Waals surface area contributed by atoms with Crippen LogP contribution in [0.25, 0.3) is 0 Å². The highest BCUT2D eigenvalue weighted by Gasteiger charge is 2.10. The number of nitrogens with zero attached hydrogens (tertiary/aromatic N) is 1. The molecule has 0 saturated carbocycles. The normalized spacial score (nSPS) is 10.4. The predicted molar refractivity (Wildman–Crippen MR) is 89.0 cm³/mol. The number of hydrogen-bond donors (Lipinski definition) is 2. The molecular formula is C16H18ClN3O2. The highest BCUT2D eigenvalue weighted by molar-refractivity contribution is 6.32. The maximum atomic E-state index is 12.2. The molecule has 0 radical (unpaired) electrons. The van der Waals surface area contributed by atoms with Gasteiger partial charge in [-0.15, -0.1) is 0 Å². The molecule has 22 heavy (non-hydrogen) atoms. The molecule has 1 heterocycles. The maximum Gasteiger partial charge on any atom is 0.274 e. The summed E-state index contributed by atoms with van der Waals surface area (Å²) in [5.41, 5.74) is 0.914. The molecule has 5 nitrogen and oxygen atoms in total. The number of pyridine rings is 1. The number of nitrogens with one attached hydrogen (secondary N) is 2. The Bertz CT molecular complexity index is 674. The molecular weight excluding hydrogens is 302 g/mol. The second-order valence-corrected chi connectivity index (χ2v) is 5.42. The van der Waals surface area contributed by atoms with Crippen molar-refractivity contribution in [3.05, 3.63) is 47.1 Å². The summed E-state index contributed by atoms with van der Waals surface area (Å²) >= 11 is 6.04. The standard InChI is InChI=1S/C16H18ClN3O2/c1-10(2)18-15-6-4-5-13(20-15)16(21)19-11-7-8-14(22-3)12(17)9-11/h4-10H,1-3H3,(H,18,20)(H,19,21). The van der Waals surface area contributed by atoms with Crippen LogP contribution < -0.4 is 15.4 Å². The van der Waals surface area contributed by atoms with Gasteiger partial charge in [0.1, 0.15) is 17.3 Å². The van der Waals surface area contributed by atoms with Gasteiger partial charge in [0.25, 0.3) is 5.91 Å². The number of methoxy groups -OCH3 is 1. The van der Waals surface area contributed by atoms with Crippen LogP contribution in [-0.2, 0) is 0 Å². The van der Waals surface area contributed by atoms with Gasteiger partial charge in [-0.2, -0.15) is 0 Å². The number of rotatable bonds is 5. The lowest BCUT2D eigenvalue weighted by Crippen LogP contribution is -2.16. The summed E-state index contributed by atoms with van der Waals surface area (Å²) < 4.78 is 5.08. The first-order valence-corrected chi connectivity index (χ1v) is 7.26. The summed E-state index contributed by atoms with van der Waals surface area (Å²) in [5.74, 6) is 0.921. The highest BCUT2D eigenvalue weighted by atomic mass is 35.5. The Morgan fingerprint density at radius 1 is 1.27 bits per heavy atom. The van der Waals surface area contributed by atoms with Crippen molar-refractivity contribution in [2.45, 2.75) is 19.9 Å². The van der Waals surface area contributed by atoms with Gasteiger partial charge in [0.05, 0.1) is 12.1 Å². The van der Waals surface area contributed by atoms with Crippen LogP contribution in [0.3, 0.4) is 0 Å². The van der Waals surface area contributed by atoms with E-state index in [4.69, 9.17) is 16.3 Å². The van der Waals surface area contributed by atoms with Crippen molar-refractivity contribution in [2.75, 3.05) is 17.7 Å². The van der Waals surface area contributed by atoms with Crippen molar-refractivity contribution in [1.29, 1.82) is 0 Å². The summed E-state index contributed by atoms with van der Waals surface area (Å²) in [4.78, 5) is 16.5. The van der Waals surface area contributed by atoms with Crippen molar-refractivity contribution in [3.8, 4) is 5.75 Å². The number of amides is 1. The zero-order chi connectivity index (χ0) is 16.1. The van der Waals surface area contributed by atoms with Crippen LogP contribution in [-0.4, -0.2) is 24.0 Å². The lowest BCUT2D eigenvalue weighted by atomic mass is 10.2. The SMILES string of the molecule is COc1ccc(NC(=O)c2cccc(NC(C)C)n2)cc1Cl. The average molecular weight is 320 g/mol. The first kappa shape index (κ1) is 16.1. The van der Waals surface area contributed by atoms with Crippen molar-refractivity contribution in [1.82, 2.24) is 4.98 Å². The van der Waals surface area contributed by atoms with Crippen LogP contribution in [0, 0.1) is 0 Å². The Labute approximate surface area is 134 Å². The molecule has 2 N–H and O–H groups in total. The fraction of sp³-hybridized carbons (Fsp3) is 0.250. The molecule has 0 saturated heterocycles. The topological polar surface area (TPSA) is 63.2 Å². The molecule has 1 aromatic carbocycles. The second-order valence-electron chi connectivity index (χ2n) is 5.01. The van der Waals surface area contributed by atoms with Gasteiger partial charge in [-0.3, -0.25) is 4.79 Å². The van der Waals surface area contributed by atoms with Crippen molar-refractivity contribution >= 4 is 29.0 Å². The van der Waals surface area contributed by atoms with Gasteiger partial charge < -0.3 is 15.4 Å². The third-order valence-corrected chi connectivity index (χ3v) is 3.12. The zero-order valence-corrected chi connectivity index (χ0v) is 13.4. The number of anilines is 2. The van der Waals surface area contributed by atoms with E-state index in [0.717, 1.165) is 0 Å². The summed E-state index contributed by atoms with van der Waals surface area (Å²) in [6.07, 6.45) is 0. The first-order valence-electron chi connectivity index (χ1n) is 6.88. The maximum absolute atomic E-state index is 12.2. The molecule has 0 fully saturated rings. The highest BCUT2D eigenvalue weighted by Crippen LogP contribution is 2.27. The minimum atomic E-state index is -0.298. The molecule has 2 aromatic rings. The number of carbonyl (C=O) groups excluding carboxylic acids is 1. The van der Waals surface area contributed by atoms with Gasteiger partial charge in [0, 0.05) is 11.7 Å². The van der Waals surface area contributed by atoms with Gasteiger partial charge in [0.2, 0.25) is 0 Å². The van der Waals surface area contributed by atoms with Crippen molar-refractivity contribution in [2.24, 2.45) is 0 Å². The third kappa shape index (κ3) is 4.11. The number of aromatic nitrogens is 1. The van der Waals surface area contributed by atoms with Crippen molar-refractivity contribution < 1.29 is 9.53 Å². The fourth-order valence-corrected chi connectivity index (χ4v) is 2.13. The molecule has 1 amide bonds. The minimum Gasteiger partial charge on any atom is -0.495 e. The molecule has 0 aliphatic heterocycles. The first-order chi connectivity index (χ1) is 10.5. The van der Waals surface area contributed by atoms with E-state index in [0.29, 0.717) is 28.0 Å². The van der Waals surface area contributed by atoms with Crippen LogP contribution in [0.4, 0.5) is 11.5 Å². The average Bonchev–Trinajstić information content (AvgIpc) is 2.47. The zero-order valence-electron chi connectivity index (χ0n) is 12.7. The van der Waals surface area contributed by atoms with Crippen LogP contribution in [0.15, 0.2) is 36.4 Å². The number of hydrogen-bond acceptors (Lipinski definition) is 4. The van der Waals surface area contributed by atoms with Gasteiger partial charge in [-0.05, 0) is 44.2 Å². The molecule has 1 aromatic heterocycles. The number of halogens is 1. The molecule has 116 valence electrons. The number of ether oxygens (including phenoxy) is 1. The molecule has 2 rings (SSSR count). The Morgan fingerprint density at radius 3 is 2.68 bits per heavy atom. The Morgan fingerprint density at radius 2 is 2.05 bits per heavy atom. The number of benzene rings is 1. The third-order valence-electron chi connectivity index (χ3n) is 2.83. The van der Waals surface area contributed by atoms with E-state index in [9.17, 15) is 4.79 Å². The predicted octanol–water partition coefficient (Wildman–Crippen LogP) is 3.82. The summed E-state index contributed by atoms with van der Waals surface area (Å²) in [7, 11) is 1.54. The summed E-state index contributed by atoms with van der Waals surface area (Å²) in [6, 6.07) is 10.6. The quantitative estimate of drug-likeness (QED) is 0.879. The summed E-state index contributed by atoms with van der Waals surface area (Å²) in [6.45, 7) is 4.02. The Kier molecular flexibility index (Phi) is 5.22. The minimum absolute atomic E-state index is 0.242. The number of carbonyl (C=O) groups is 1. The molecule has 0 atom stereocenters. The fourth-order valence-electron chi connectivity index (χ4n) is 1.88. The van der Waals surface area contributed by atoms with Gasteiger partial charge >= 0.3 is 0 Å². The molecule has 0 aliphatic carbocycles. The van der Waals surface area contributed by atoms with E-state index in [2.05, 4.69) is 15.6 Å². The monoisotopic (exact) mass is 319 g/mol. The largest absolute Gasteiger partial charge is 0.495 e. The van der Waals surface area contributed by atoms with Gasteiger partial charge in [-0.1, -0.05) is 17.7 Å². The van der Waals surface area contributed by atoms with Gasteiger partial charge in [-0.25, -0.2) is 4.98 Å². The van der Waals surface area contributed by atoms with E-state index < -0.39 is 0 Å². The van der Waals surface area contributed by atoms with Crippen LogP contribution in [0.2, 0.25) is 5.02 Å². The Hall–Kier alpha value is -2.27. The van der Waals surface area contributed by atoms with E-state index >= 15 is 0 Å². The Balaban J connectivity index is 2.13. The second kappa shape index (κ2) is 7.13. The van der Waals surface area contributed by atoms with E-state index in [-0.39, 0.29) is 11.9 Å².